The molecule has 1 unspecified atom stereocenters. The Morgan fingerprint density at radius 3 is 2.44 bits per heavy atom. The van der Waals surface area contributed by atoms with Gasteiger partial charge in [0.2, 0.25) is 0 Å². The molecule has 2 N–H and O–H groups in total. The van der Waals surface area contributed by atoms with Crippen LogP contribution in [0.5, 0.6) is 0 Å². The van der Waals surface area contributed by atoms with E-state index in [0.717, 1.165) is 25.9 Å². The molecule has 1 saturated carbocycles. The van der Waals surface area contributed by atoms with Crippen LogP contribution in [0.25, 0.3) is 0 Å². The molecule has 1 saturated heterocycles. The molecule has 0 radical (unpaired) electrons. The van der Waals surface area contributed by atoms with Crippen molar-refractivity contribution in [3.63, 3.8) is 0 Å². The van der Waals surface area contributed by atoms with Crippen molar-refractivity contribution < 1.29 is 8.42 Å². The maximum atomic E-state index is 12.0. The fourth-order valence-corrected chi connectivity index (χ4v) is 3.70. The molecule has 0 amide bonds. The predicted octanol–water partition coefficient (Wildman–Crippen LogP) is -0.0854. The summed E-state index contributed by atoms with van der Waals surface area (Å²) in [5, 5.41) is 3.15. The van der Waals surface area contributed by atoms with Gasteiger partial charge in [0, 0.05) is 32.2 Å². The van der Waals surface area contributed by atoms with Gasteiger partial charge in [-0.05, 0) is 25.7 Å². The van der Waals surface area contributed by atoms with E-state index in [-0.39, 0.29) is 6.04 Å². The van der Waals surface area contributed by atoms with Crippen LogP contribution in [0.4, 0.5) is 0 Å². The first-order valence-corrected chi connectivity index (χ1v) is 7.52. The Bertz CT molecular complexity index is 321. The van der Waals surface area contributed by atoms with E-state index >= 15 is 0 Å². The van der Waals surface area contributed by atoms with Crippen molar-refractivity contribution in [3.05, 3.63) is 0 Å². The SMILES string of the molecule is CC(NS(=O)(=O)N1CCNCC1)C1CCC1. The number of nitrogens with zero attached hydrogens (tertiary/aromatic N) is 1. The summed E-state index contributed by atoms with van der Waals surface area (Å²) in [6.07, 6.45) is 3.56. The second-order valence-electron chi connectivity index (χ2n) is 4.75. The topological polar surface area (TPSA) is 61.4 Å². The first kappa shape index (κ1) is 12.3. The third-order valence-corrected chi connectivity index (χ3v) is 5.32. The van der Waals surface area contributed by atoms with Gasteiger partial charge in [-0.3, -0.25) is 0 Å². The highest BCUT2D eigenvalue weighted by atomic mass is 32.2. The number of hydrogen-bond donors (Lipinski definition) is 2. The molecule has 1 aliphatic heterocycles. The molecule has 0 spiro atoms. The average Bonchev–Trinajstić information content (AvgIpc) is 2.15. The zero-order chi connectivity index (χ0) is 11.6. The molecular weight excluding hydrogens is 226 g/mol. The number of nitrogens with one attached hydrogen (secondary N) is 2. The lowest BCUT2D eigenvalue weighted by Crippen LogP contribution is -2.53. The highest BCUT2D eigenvalue weighted by Crippen LogP contribution is 2.29. The molecule has 16 heavy (non-hydrogen) atoms. The first-order chi connectivity index (χ1) is 7.59. The summed E-state index contributed by atoms with van der Waals surface area (Å²) < 4.78 is 28.4. The molecule has 6 heteroatoms. The Hall–Kier alpha value is -0.170. The third kappa shape index (κ3) is 2.74. The van der Waals surface area contributed by atoms with Gasteiger partial charge in [-0.2, -0.15) is 17.4 Å². The van der Waals surface area contributed by atoms with E-state index in [0.29, 0.717) is 19.0 Å². The van der Waals surface area contributed by atoms with E-state index < -0.39 is 10.2 Å². The van der Waals surface area contributed by atoms with E-state index in [2.05, 4.69) is 10.0 Å². The van der Waals surface area contributed by atoms with Gasteiger partial charge in [0.25, 0.3) is 10.2 Å². The monoisotopic (exact) mass is 247 g/mol. The maximum Gasteiger partial charge on any atom is 0.279 e. The van der Waals surface area contributed by atoms with Crippen molar-refractivity contribution in [3.8, 4) is 0 Å². The molecule has 2 fully saturated rings. The van der Waals surface area contributed by atoms with Crippen molar-refractivity contribution in [1.29, 1.82) is 0 Å². The largest absolute Gasteiger partial charge is 0.314 e. The van der Waals surface area contributed by atoms with Crippen molar-refractivity contribution in [2.45, 2.75) is 32.2 Å². The van der Waals surface area contributed by atoms with Crippen LogP contribution in [0.3, 0.4) is 0 Å². The minimum atomic E-state index is -3.26. The summed E-state index contributed by atoms with van der Waals surface area (Å²) in [7, 11) is -3.26. The quantitative estimate of drug-likeness (QED) is 0.730. The van der Waals surface area contributed by atoms with Crippen LogP contribution in [-0.4, -0.2) is 44.9 Å². The second-order valence-corrected chi connectivity index (χ2v) is 6.45. The molecule has 0 bridgehead atoms. The van der Waals surface area contributed by atoms with E-state index in [1.165, 1.54) is 6.42 Å². The van der Waals surface area contributed by atoms with E-state index in [4.69, 9.17) is 0 Å². The van der Waals surface area contributed by atoms with E-state index in [9.17, 15) is 8.42 Å². The average molecular weight is 247 g/mol. The van der Waals surface area contributed by atoms with Gasteiger partial charge in [-0.1, -0.05) is 6.42 Å². The van der Waals surface area contributed by atoms with E-state index in [1.54, 1.807) is 4.31 Å². The normalized spacial score (nSPS) is 26.3. The predicted molar refractivity (Wildman–Crippen MR) is 63.3 cm³/mol. The van der Waals surface area contributed by atoms with Crippen LogP contribution >= 0.6 is 0 Å². The van der Waals surface area contributed by atoms with Gasteiger partial charge in [-0.15, -0.1) is 0 Å². The molecule has 5 nitrogen and oxygen atoms in total. The lowest BCUT2D eigenvalue weighted by atomic mass is 9.81. The second kappa shape index (κ2) is 5.00. The fourth-order valence-electron chi connectivity index (χ4n) is 2.23. The van der Waals surface area contributed by atoms with Crippen LogP contribution < -0.4 is 10.0 Å². The smallest absolute Gasteiger partial charge is 0.279 e. The van der Waals surface area contributed by atoms with Crippen LogP contribution in [0, 0.1) is 5.92 Å². The zero-order valence-corrected chi connectivity index (χ0v) is 10.6. The summed E-state index contributed by atoms with van der Waals surface area (Å²) in [5.74, 6) is 0.540. The summed E-state index contributed by atoms with van der Waals surface area (Å²) >= 11 is 0. The molecule has 0 aromatic rings. The molecule has 1 atom stereocenters. The fraction of sp³-hybridized carbons (Fsp3) is 1.00. The van der Waals surface area contributed by atoms with Gasteiger partial charge >= 0.3 is 0 Å². The first-order valence-electron chi connectivity index (χ1n) is 6.08. The van der Waals surface area contributed by atoms with Crippen LogP contribution in [-0.2, 0) is 10.2 Å². The number of piperazine rings is 1. The Morgan fingerprint density at radius 1 is 1.31 bits per heavy atom. The van der Waals surface area contributed by atoms with Gasteiger partial charge in [0.05, 0.1) is 0 Å². The molecule has 2 rings (SSSR count). The van der Waals surface area contributed by atoms with Gasteiger partial charge in [0.1, 0.15) is 0 Å². The van der Waals surface area contributed by atoms with Crippen LogP contribution in [0.15, 0.2) is 0 Å². The van der Waals surface area contributed by atoms with Gasteiger partial charge in [0.15, 0.2) is 0 Å². The summed E-state index contributed by atoms with van der Waals surface area (Å²) in [6, 6.07) is 0.0774. The highest BCUT2D eigenvalue weighted by molar-refractivity contribution is 7.87. The van der Waals surface area contributed by atoms with Crippen LogP contribution in [0.2, 0.25) is 0 Å². The summed E-state index contributed by atoms with van der Waals surface area (Å²) in [6.45, 7) is 4.63. The number of rotatable bonds is 4. The molecule has 94 valence electrons. The minimum Gasteiger partial charge on any atom is -0.314 e. The molecular formula is C10H21N3O2S. The zero-order valence-electron chi connectivity index (χ0n) is 9.78. The summed E-state index contributed by atoms with van der Waals surface area (Å²) in [4.78, 5) is 0. The molecule has 1 aliphatic carbocycles. The third-order valence-electron chi connectivity index (χ3n) is 3.61. The van der Waals surface area contributed by atoms with Crippen molar-refractivity contribution in [1.82, 2.24) is 14.3 Å². The summed E-state index contributed by atoms with van der Waals surface area (Å²) in [5.41, 5.74) is 0. The van der Waals surface area contributed by atoms with Crippen molar-refractivity contribution in [2.75, 3.05) is 26.2 Å². The van der Waals surface area contributed by atoms with Crippen LogP contribution in [0.1, 0.15) is 26.2 Å². The Labute approximate surface area is 97.8 Å². The molecule has 0 aromatic carbocycles. The Balaban J connectivity index is 1.90. The Morgan fingerprint density at radius 2 is 1.94 bits per heavy atom. The lowest BCUT2D eigenvalue weighted by Gasteiger charge is -2.34. The highest BCUT2D eigenvalue weighted by Gasteiger charge is 2.30. The maximum absolute atomic E-state index is 12.0. The van der Waals surface area contributed by atoms with Crippen molar-refractivity contribution >= 4 is 10.2 Å². The molecule has 2 aliphatic rings. The minimum absolute atomic E-state index is 0.0774. The molecule has 1 heterocycles. The Kier molecular flexibility index (Phi) is 3.84. The van der Waals surface area contributed by atoms with Gasteiger partial charge < -0.3 is 5.32 Å². The van der Waals surface area contributed by atoms with E-state index in [1.807, 2.05) is 6.92 Å². The van der Waals surface area contributed by atoms with Crippen molar-refractivity contribution in [2.24, 2.45) is 5.92 Å². The standard InChI is InChI=1S/C10H21N3O2S/c1-9(10-3-2-4-10)12-16(14,15)13-7-5-11-6-8-13/h9-12H,2-8H2,1H3. The number of hydrogen-bond acceptors (Lipinski definition) is 3. The lowest BCUT2D eigenvalue weighted by molar-refractivity contribution is 0.255. The molecule has 0 aromatic heterocycles. The van der Waals surface area contributed by atoms with Gasteiger partial charge in [-0.25, -0.2) is 0 Å².